The summed E-state index contributed by atoms with van der Waals surface area (Å²) in [5.41, 5.74) is 2.11. The molecule has 1 N–H and O–H groups in total. The zero-order valence-electron chi connectivity index (χ0n) is 10.4. The van der Waals surface area contributed by atoms with E-state index in [9.17, 15) is 9.59 Å². The van der Waals surface area contributed by atoms with Crippen LogP contribution in [0.3, 0.4) is 0 Å². The van der Waals surface area contributed by atoms with Gasteiger partial charge in [-0.25, -0.2) is 4.52 Å². The summed E-state index contributed by atoms with van der Waals surface area (Å²) in [5, 5.41) is 6.81. The van der Waals surface area contributed by atoms with Crippen LogP contribution in [0, 0.1) is 0 Å². The van der Waals surface area contributed by atoms with Gasteiger partial charge in [0, 0.05) is 23.6 Å². The van der Waals surface area contributed by atoms with Crippen LogP contribution < -0.4 is 5.32 Å². The molecule has 0 unspecified atom stereocenters. The van der Waals surface area contributed by atoms with Crippen LogP contribution in [0.1, 0.15) is 20.7 Å². The molecule has 1 aromatic carbocycles. The lowest BCUT2D eigenvalue weighted by atomic mass is 10.2. The Morgan fingerprint density at radius 1 is 1.30 bits per heavy atom. The van der Waals surface area contributed by atoms with Crippen molar-refractivity contribution >= 4 is 23.4 Å². The number of nitrogens with one attached hydrogen (secondary N) is 1. The second-order valence-electron chi connectivity index (χ2n) is 4.16. The van der Waals surface area contributed by atoms with E-state index in [0.717, 1.165) is 6.29 Å². The zero-order chi connectivity index (χ0) is 13.9. The van der Waals surface area contributed by atoms with Crippen LogP contribution in [0.5, 0.6) is 0 Å². The Balaban J connectivity index is 1.91. The first-order valence-corrected chi connectivity index (χ1v) is 5.92. The average Bonchev–Trinajstić information content (AvgIpc) is 2.91. The van der Waals surface area contributed by atoms with Gasteiger partial charge < -0.3 is 5.32 Å². The first-order valence-electron chi connectivity index (χ1n) is 5.92. The number of aldehydes is 1. The van der Waals surface area contributed by atoms with E-state index in [2.05, 4.69) is 15.4 Å². The standard InChI is InChI=1S/C14H10N4O2/c19-9-10-2-1-3-11(6-10)17-14(20)12-7-16-18-5-4-15-8-13(12)18/h1-9H,(H,17,20). The molecule has 20 heavy (non-hydrogen) atoms. The number of benzene rings is 1. The fourth-order valence-corrected chi connectivity index (χ4v) is 1.90. The monoisotopic (exact) mass is 266 g/mol. The SMILES string of the molecule is O=Cc1cccc(NC(=O)c2cnn3ccncc23)c1. The van der Waals surface area contributed by atoms with Gasteiger partial charge in [-0.1, -0.05) is 12.1 Å². The maximum Gasteiger partial charge on any atom is 0.259 e. The van der Waals surface area contributed by atoms with Crippen LogP contribution in [0.15, 0.2) is 49.1 Å². The number of aromatic nitrogens is 3. The minimum absolute atomic E-state index is 0.295. The molecule has 0 aliphatic carbocycles. The molecule has 6 heteroatoms. The number of fused-ring (bicyclic) bond motifs is 1. The molecule has 0 saturated heterocycles. The average molecular weight is 266 g/mol. The summed E-state index contributed by atoms with van der Waals surface area (Å²) >= 11 is 0. The maximum atomic E-state index is 12.2. The van der Waals surface area contributed by atoms with Gasteiger partial charge in [0.25, 0.3) is 5.91 Å². The molecule has 0 bridgehead atoms. The Bertz CT molecular complexity index is 794. The van der Waals surface area contributed by atoms with Crippen molar-refractivity contribution in [1.29, 1.82) is 0 Å². The summed E-state index contributed by atoms with van der Waals surface area (Å²) in [4.78, 5) is 26.9. The number of anilines is 1. The molecule has 2 heterocycles. The minimum atomic E-state index is -0.295. The van der Waals surface area contributed by atoms with E-state index in [0.29, 0.717) is 22.3 Å². The van der Waals surface area contributed by atoms with Crippen LogP contribution in [0.25, 0.3) is 5.52 Å². The number of carbonyl (C=O) groups excluding carboxylic acids is 2. The van der Waals surface area contributed by atoms with Gasteiger partial charge >= 0.3 is 0 Å². The topological polar surface area (TPSA) is 76.4 Å². The first-order chi connectivity index (χ1) is 9.78. The van der Waals surface area contributed by atoms with Crippen LogP contribution in [-0.2, 0) is 0 Å². The molecule has 0 fully saturated rings. The molecular weight excluding hydrogens is 256 g/mol. The minimum Gasteiger partial charge on any atom is -0.322 e. The number of amides is 1. The molecule has 98 valence electrons. The third kappa shape index (κ3) is 2.14. The molecule has 0 spiro atoms. The molecule has 3 aromatic rings. The third-order valence-corrected chi connectivity index (χ3v) is 2.85. The van der Waals surface area contributed by atoms with E-state index in [-0.39, 0.29) is 5.91 Å². The summed E-state index contributed by atoms with van der Waals surface area (Å²) in [7, 11) is 0. The lowest BCUT2D eigenvalue weighted by molar-refractivity contribution is 0.102. The second-order valence-corrected chi connectivity index (χ2v) is 4.16. The predicted molar refractivity (Wildman–Crippen MR) is 72.8 cm³/mol. The second kappa shape index (κ2) is 4.93. The van der Waals surface area contributed by atoms with Gasteiger partial charge in [0.1, 0.15) is 6.29 Å². The molecule has 0 aliphatic heterocycles. The first kappa shape index (κ1) is 12.0. The number of nitrogens with zero attached hydrogens (tertiary/aromatic N) is 3. The van der Waals surface area contributed by atoms with E-state index >= 15 is 0 Å². The zero-order valence-corrected chi connectivity index (χ0v) is 10.4. The van der Waals surface area contributed by atoms with Crippen molar-refractivity contribution in [2.75, 3.05) is 5.32 Å². The Kier molecular flexibility index (Phi) is 2.96. The van der Waals surface area contributed by atoms with Crippen molar-refractivity contribution in [3.63, 3.8) is 0 Å². The van der Waals surface area contributed by atoms with Crippen LogP contribution >= 0.6 is 0 Å². The molecule has 0 aliphatic rings. The largest absolute Gasteiger partial charge is 0.322 e. The van der Waals surface area contributed by atoms with E-state index in [4.69, 9.17) is 0 Å². The fraction of sp³-hybridized carbons (Fsp3) is 0. The number of rotatable bonds is 3. The van der Waals surface area contributed by atoms with E-state index in [1.165, 1.54) is 6.20 Å². The number of hydrogen-bond acceptors (Lipinski definition) is 4. The summed E-state index contributed by atoms with van der Waals surface area (Å²) in [6.07, 6.45) is 7.04. The van der Waals surface area contributed by atoms with Crippen LogP contribution in [0.4, 0.5) is 5.69 Å². The predicted octanol–water partition coefficient (Wildman–Crippen LogP) is 1.79. The van der Waals surface area contributed by atoms with Gasteiger partial charge in [0.05, 0.1) is 23.5 Å². The Morgan fingerprint density at radius 3 is 3.05 bits per heavy atom. The van der Waals surface area contributed by atoms with Crippen molar-refractivity contribution < 1.29 is 9.59 Å². The van der Waals surface area contributed by atoms with Crippen molar-refractivity contribution in [2.45, 2.75) is 0 Å². The highest BCUT2D eigenvalue weighted by Crippen LogP contribution is 2.14. The highest BCUT2D eigenvalue weighted by Gasteiger charge is 2.12. The molecule has 3 rings (SSSR count). The number of carbonyl (C=O) groups is 2. The van der Waals surface area contributed by atoms with Crippen molar-refractivity contribution in [1.82, 2.24) is 14.6 Å². The van der Waals surface area contributed by atoms with Gasteiger partial charge in [0.2, 0.25) is 0 Å². The molecular formula is C14H10N4O2. The Labute approximate surface area is 114 Å². The molecule has 6 nitrogen and oxygen atoms in total. The fourth-order valence-electron chi connectivity index (χ4n) is 1.90. The highest BCUT2D eigenvalue weighted by molar-refractivity contribution is 6.08. The highest BCUT2D eigenvalue weighted by atomic mass is 16.1. The molecule has 0 radical (unpaired) electrons. The summed E-state index contributed by atoms with van der Waals surface area (Å²) in [6.45, 7) is 0. The van der Waals surface area contributed by atoms with Crippen LogP contribution in [-0.4, -0.2) is 26.8 Å². The maximum absolute atomic E-state index is 12.2. The summed E-state index contributed by atoms with van der Waals surface area (Å²) in [6, 6.07) is 6.70. The van der Waals surface area contributed by atoms with Gasteiger partial charge in [-0.3, -0.25) is 14.6 Å². The van der Waals surface area contributed by atoms with Gasteiger partial charge in [-0.2, -0.15) is 5.10 Å². The Morgan fingerprint density at radius 2 is 2.20 bits per heavy atom. The van der Waals surface area contributed by atoms with Gasteiger partial charge in [0.15, 0.2) is 0 Å². The van der Waals surface area contributed by atoms with Gasteiger partial charge in [-0.15, -0.1) is 0 Å². The lowest BCUT2D eigenvalue weighted by Gasteiger charge is -2.04. The normalized spacial score (nSPS) is 10.4. The number of hydrogen-bond donors (Lipinski definition) is 1. The molecule has 1 amide bonds. The van der Waals surface area contributed by atoms with E-state index in [1.54, 1.807) is 47.4 Å². The summed E-state index contributed by atoms with van der Waals surface area (Å²) < 4.78 is 1.57. The van der Waals surface area contributed by atoms with Crippen LogP contribution in [0.2, 0.25) is 0 Å². The van der Waals surface area contributed by atoms with E-state index < -0.39 is 0 Å². The smallest absolute Gasteiger partial charge is 0.259 e. The van der Waals surface area contributed by atoms with E-state index in [1.807, 2.05) is 0 Å². The molecule has 0 atom stereocenters. The lowest BCUT2D eigenvalue weighted by Crippen LogP contribution is -2.11. The Hall–Kier alpha value is -3.02. The molecule has 0 saturated carbocycles. The quantitative estimate of drug-likeness (QED) is 0.733. The summed E-state index contributed by atoms with van der Waals surface area (Å²) in [5.74, 6) is -0.295. The molecule has 2 aromatic heterocycles. The van der Waals surface area contributed by atoms with Crippen molar-refractivity contribution in [3.05, 3.63) is 60.2 Å². The third-order valence-electron chi connectivity index (χ3n) is 2.85. The van der Waals surface area contributed by atoms with Gasteiger partial charge in [-0.05, 0) is 12.1 Å². The van der Waals surface area contributed by atoms with Crippen molar-refractivity contribution in [2.24, 2.45) is 0 Å². The van der Waals surface area contributed by atoms with Crippen molar-refractivity contribution in [3.8, 4) is 0 Å².